The van der Waals surface area contributed by atoms with Crippen molar-refractivity contribution < 1.29 is 4.79 Å². The van der Waals surface area contributed by atoms with E-state index < -0.39 is 0 Å². The van der Waals surface area contributed by atoms with Gasteiger partial charge in [0.15, 0.2) is 5.78 Å². The Hall–Kier alpha value is -1.54. The molecule has 0 unspecified atom stereocenters. The molecule has 0 aliphatic rings. The lowest BCUT2D eigenvalue weighted by Crippen LogP contribution is -1.91. The first-order valence-electron chi connectivity index (χ1n) is 6.35. The van der Waals surface area contributed by atoms with Gasteiger partial charge in [-0.05, 0) is 38.5 Å². The van der Waals surface area contributed by atoms with Crippen LogP contribution in [0.15, 0.2) is 47.4 Å². The molecule has 0 atom stereocenters. The van der Waals surface area contributed by atoms with Gasteiger partial charge in [0.2, 0.25) is 0 Å². The van der Waals surface area contributed by atoms with E-state index in [1.165, 1.54) is 16.7 Å². The molecule has 2 rings (SSSR count). The van der Waals surface area contributed by atoms with Crippen LogP contribution in [0.5, 0.6) is 0 Å². The summed E-state index contributed by atoms with van der Waals surface area (Å²) in [5, 5.41) is 0. The number of carbonyl (C=O) groups is 1. The second kappa shape index (κ2) is 6.07. The van der Waals surface area contributed by atoms with Gasteiger partial charge >= 0.3 is 0 Å². The van der Waals surface area contributed by atoms with Gasteiger partial charge in [-0.2, -0.15) is 0 Å². The first kappa shape index (κ1) is 13.9. The van der Waals surface area contributed by atoms with E-state index in [4.69, 9.17) is 0 Å². The largest absolute Gasteiger partial charge is 0.295 e. The summed E-state index contributed by atoms with van der Waals surface area (Å²) in [6.45, 7) is 5.85. The van der Waals surface area contributed by atoms with Crippen molar-refractivity contribution in [1.29, 1.82) is 0 Å². The van der Waals surface area contributed by atoms with Crippen LogP contribution in [0.4, 0.5) is 0 Å². The third-order valence-electron chi connectivity index (χ3n) is 2.93. The third kappa shape index (κ3) is 3.97. The van der Waals surface area contributed by atoms with Crippen LogP contribution in [0.2, 0.25) is 0 Å². The van der Waals surface area contributed by atoms with Crippen LogP contribution >= 0.6 is 11.8 Å². The molecule has 0 radical (unpaired) electrons. The minimum atomic E-state index is 0.119. The van der Waals surface area contributed by atoms with Gasteiger partial charge in [0.05, 0.1) is 0 Å². The Labute approximate surface area is 119 Å². The summed E-state index contributed by atoms with van der Waals surface area (Å²) in [5.41, 5.74) is 4.71. The fourth-order valence-electron chi connectivity index (χ4n) is 2.12. The molecular weight excluding hydrogens is 252 g/mol. The zero-order chi connectivity index (χ0) is 13.8. The van der Waals surface area contributed by atoms with Gasteiger partial charge in [-0.25, -0.2) is 0 Å². The van der Waals surface area contributed by atoms with Gasteiger partial charge in [-0.1, -0.05) is 41.5 Å². The molecule has 19 heavy (non-hydrogen) atoms. The number of thioether (sulfide) groups is 1. The number of hydrogen-bond acceptors (Lipinski definition) is 2. The van der Waals surface area contributed by atoms with Crippen molar-refractivity contribution in [2.24, 2.45) is 0 Å². The molecule has 0 amide bonds. The van der Waals surface area contributed by atoms with E-state index in [0.29, 0.717) is 0 Å². The Morgan fingerprint density at radius 1 is 1.05 bits per heavy atom. The highest BCUT2D eigenvalue weighted by atomic mass is 32.2. The molecule has 2 heteroatoms. The lowest BCUT2D eigenvalue weighted by atomic mass is 10.1. The van der Waals surface area contributed by atoms with Crippen LogP contribution < -0.4 is 0 Å². The molecule has 0 bridgehead atoms. The summed E-state index contributed by atoms with van der Waals surface area (Å²) in [7, 11) is 0. The highest BCUT2D eigenvalue weighted by Gasteiger charge is 2.02. The molecule has 0 saturated carbocycles. The Kier molecular flexibility index (Phi) is 4.43. The zero-order valence-electron chi connectivity index (χ0n) is 11.6. The minimum absolute atomic E-state index is 0.119. The Balaban J connectivity index is 2.10. The molecule has 0 aromatic heterocycles. The van der Waals surface area contributed by atoms with E-state index in [9.17, 15) is 4.79 Å². The third-order valence-corrected chi connectivity index (χ3v) is 3.99. The van der Waals surface area contributed by atoms with Crippen LogP contribution in [-0.2, 0) is 5.75 Å². The number of Topliss-reactive ketones (excluding diaryl/α,β-unsaturated/α-hetero) is 1. The van der Waals surface area contributed by atoms with E-state index >= 15 is 0 Å². The van der Waals surface area contributed by atoms with Gasteiger partial charge in [0.1, 0.15) is 0 Å². The number of carbonyl (C=O) groups excluding carboxylic acids is 1. The van der Waals surface area contributed by atoms with Gasteiger partial charge in [-0.15, -0.1) is 11.8 Å². The van der Waals surface area contributed by atoms with E-state index in [1.54, 1.807) is 18.7 Å². The predicted molar refractivity (Wildman–Crippen MR) is 81.9 cm³/mol. The van der Waals surface area contributed by atoms with Crippen LogP contribution in [0, 0.1) is 13.8 Å². The van der Waals surface area contributed by atoms with Gasteiger partial charge in [-0.3, -0.25) is 4.79 Å². The summed E-state index contributed by atoms with van der Waals surface area (Å²) in [6, 6.07) is 14.5. The van der Waals surface area contributed by atoms with Crippen molar-refractivity contribution in [3.05, 3.63) is 64.7 Å². The second-order valence-corrected chi connectivity index (χ2v) is 5.92. The van der Waals surface area contributed by atoms with Crippen molar-refractivity contribution in [1.82, 2.24) is 0 Å². The van der Waals surface area contributed by atoms with Gasteiger partial charge < -0.3 is 0 Å². The van der Waals surface area contributed by atoms with E-state index in [0.717, 1.165) is 16.2 Å². The lowest BCUT2D eigenvalue weighted by Gasteiger charge is -2.06. The highest BCUT2D eigenvalue weighted by Crippen LogP contribution is 2.24. The summed E-state index contributed by atoms with van der Waals surface area (Å²) in [4.78, 5) is 12.5. The smallest absolute Gasteiger partial charge is 0.159 e. The normalized spacial score (nSPS) is 10.5. The summed E-state index contributed by atoms with van der Waals surface area (Å²) >= 11 is 1.77. The number of benzene rings is 2. The first-order chi connectivity index (χ1) is 9.04. The fraction of sp³-hybridized carbons (Fsp3) is 0.235. The molecule has 2 aromatic rings. The molecule has 0 saturated heterocycles. The molecule has 0 fully saturated rings. The first-order valence-corrected chi connectivity index (χ1v) is 7.34. The maximum Gasteiger partial charge on any atom is 0.159 e. The second-order valence-electron chi connectivity index (χ2n) is 4.87. The van der Waals surface area contributed by atoms with Gasteiger partial charge in [0.25, 0.3) is 0 Å². The predicted octanol–water partition coefficient (Wildman–Crippen LogP) is 4.80. The van der Waals surface area contributed by atoms with Crippen molar-refractivity contribution in [2.75, 3.05) is 0 Å². The van der Waals surface area contributed by atoms with Crippen LogP contribution in [0.25, 0.3) is 0 Å². The van der Waals surface area contributed by atoms with Crippen molar-refractivity contribution >= 4 is 17.5 Å². The van der Waals surface area contributed by atoms with Crippen molar-refractivity contribution in [3.8, 4) is 0 Å². The van der Waals surface area contributed by atoms with Crippen LogP contribution in [0.1, 0.15) is 34.0 Å². The molecule has 98 valence electrons. The highest BCUT2D eigenvalue weighted by molar-refractivity contribution is 7.98. The van der Waals surface area contributed by atoms with E-state index in [1.807, 2.05) is 18.2 Å². The number of aryl methyl sites for hydroxylation is 2. The monoisotopic (exact) mass is 270 g/mol. The molecule has 0 aliphatic heterocycles. The summed E-state index contributed by atoms with van der Waals surface area (Å²) in [6.07, 6.45) is 0. The topological polar surface area (TPSA) is 17.1 Å². The van der Waals surface area contributed by atoms with Crippen molar-refractivity contribution in [2.45, 2.75) is 31.4 Å². The SMILES string of the molecule is CC(=O)c1cccc(SCc2cc(C)cc(C)c2)c1. The summed E-state index contributed by atoms with van der Waals surface area (Å²) < 4.78 is 0. The lowest BCUT2D eigenvalue weighted by molar-refractivity contribution is 0.101. The molecule has 0 aliphatic carbocycles. The number of hydrogen-bond donors (Lipinski definition) is 0. The fourth-order valence-corrected chi connectivity index (χ4v) is 3.01. The Bertz CT molecular complexity index is 582. The molecule has 0 heterocycles. The van der Waals surface area contributed by atoms with Crippen LogP contribution in [-0.4, -0.2) is 5.78 Å². The molecule has 0 spiro atoms. The zero-order valence-corrected chi connectivity index (χ0v) is 12.4. The number of ketones is 1. The minimum Gasteiger partial charge on any atom is -0.295 e. The molecular formula is C17H18OS. The average molecular weight is 270 g/mol. The van der Waals surface area contributed by atoms with E-state index in [2.05, 4.69) is 38.1 Å². The molecule has 2 aromatic carbocycles. The number of rotatable bonds is 4. The van der Waals surface area contributed by atoms with Gasteiger partial charge in [0, 0.05) is 16.2 Å². The molecule has 1 nitrogen and oxygen atoms in total. The maximum atomic E-state index is 11.4. The Morgan fingerprint density at radius 2 is 1.74 bits per heavy atom. The van der Waals surface area contributed by atoms with Crippen LogP contribution in [0.3, 0.4) is 0 Å². The molecule has 0 N–H and O–H groups in total. The maximum absolute atomic E-state index is 11.4. The van der Waals surface area contributed by atoms with Crippen molar-refractivity contribution in [3.63, 3.8) is 0 Å². The standard InChI is InChI=1S/C17H18OS/c1-12-7-13(2)9-15(8-12)11-19-17-6-4-5-16(10-17)14(3)18/h4-10H,11H2,1-3H3. The quantitative estimate of drug-likeness (QED) is 0.586. The average Bonchev–Trinajstić information content (AvgIpc) is 2.35. The summed E-state index contributed by atoms with van der Waals surface area (Å²) in [5.74, 6) is 1.05. The Morgan fingerprint density at radius 3 is 2.37 bits per heavy atom. The van der Waals surface area contributed by atoms with E-state index in [-0.39, 0.29) is 5.78 Å².